The first-order chi connectivity index (χ1) is 8.08. The predicted octanol–water partition coefficient (Wildman–Crippen LogP) is 1.17. The fourth-order valence-corrected chi connectivity index (χ4v) is 1.48. The van der Waals surface area contributed by atoms with Crippen LogP contribution in [-0.4, -0.2) is 23.3 Å². The van der Waals surface area contributed by atoms with Crippen LogP contribution in [0.2, 0.25) is 0 Å². The maximum Gasteiger partial charge on any atom is 0.318 e. The number of rotatable bonds is 2. The molecule has 0 aliphatic heterocycles. The molecule has 5 N–H and O–H groups in total. The van der Waals surface area contributed by atoms with Crippen LogP contribution in [-0.2, 0) is 0 Å². The maximum atomic E-state index is 11.0. The number of aromatic amines is 1. The molecule has 6 nitrogen and oxygen atoms in total. The third kappa shape index (κ3) is 2.20. The molecule has 1 aromatic heterocycles. The van der Waals surface area contributed by atoms with Gasteiger partial charge in [-0.3, -0.25) is 10.00 Å². The van der Waals surface area contributed by atoms with Gasteiger partial charge in [-0.25, -0.2) is 4.79 Å². The minimum atomic E-state index is -0.497. The topological polar surface area (TPSA) is 101 Å². The highest BCUT2D eigenvalue weighted by molar-refractivity contribution is 5.90. The van der Waals surface area contributed by atoms with E-state index in [1.54, 1.807) is 25.2 Å². The number of nitrogens with two attached hydrogens (primary N) is 2. The van der Waals surface area contributed by atoms with Crippen molar-refractivity contribution in [3.8, 4) is 11.3 Å². The molecule has 17 heavy (non-hydrogen) atoms. The van der Waals surface area contributed by atoms with Crippen LogP contribution < -0.4 is 16.4 Å². The molecule has 88 valence electrons. The Hall–Kier alpha value is -2.50. The van der Waals surface area contributed by atoms with Gasteiger partial charge in [-0.2, -0.15) is 5.10 Å². The van der Waals surface area contributed by atoms with Crippen LogP contribution in [0.1, 0.15) is 0 Å². The first kappa shape index (κ1) is 11.0. The standard InChI is InChI=1S/C11H13N5O/c1-16(11(13)17)8-4-2-7(3-5-8)9-6-10(12)15-14-9/h2-6H,1H3,(H2,13,17)(H3,12,14,15). The van der Waals surface area contributed by atoms with Gasteiger partial charge in [0.05, 0.1) is 5.69 Å². The molecule has 0 radical (unpaired) electrons. The van der Waals surface area contributed by atoms with Crippen molar-refractivity contribution in [1.29, 1.82) is 0 Å². The van der Waals surface area contributed by atoms with E-state index in [1.165, 1.54) is 4.90 Å². The van der Waals surface area contributed by atoms with Crippen LogP contribution in [0.15, 0.2) is 30.3 Å². The van der Waals surface area contributed by atoms with Gasteiger partial charge in [0.2, 0.25) is 0 Å². The Bertz CT molecular complexity index is 531. The minimum Gasteiger partial charge on any atom is -0.382 e. The summed E-state index contributed by atoms with van der Waals surface area (Å²) in [6.45, 7) is 0. The van der Waals surface area contributed by atoms with Crippen molar-refractivity contribution in [3.63, 3.8) is 0 Å². The largest absolute Gasteiger partial charge is 0.382 e. The van der Waals surface area contributed by atoms with Gasteiger partial charge in [0, 0.05) is 18.8 Å². The van der Waals surface area contributed by atoms with Crippen molar-refractivity contribution in [2.24, 2.45) is 5.73 Å². The number of carbonyl (C=O) groups excluding carboxylic acids is 1. The van der Waals surface area contributed by atoms with Crippen molar-refractivity contribution in [2.75, 3.05) is 17.7 Å². The number of benzene rings is 1. The summed E-state index contributed by atoms with van der Waals surface area (Å²) < 4.78 is 0. The molecule has 0 aliphatic rings. The van der Waals surface area contributed by atoms with Crippen LogP contribution in [0.5, 0.6) is 0 Å². The van der Waals surface area contributed by atoms with Gasteiger partial charge in [0.25, 0.3) is 0 Å². The number of hydrogen-bond donors (Lipinski definition) is 3. The van der Waals surface area contributed by atoms with E-state index in [1.807, 2.05) is 12.1 Å². The van der Waals surface area contributed by atoms with Gasteiger partial charge < -0.3 is 11.5 Å². The minimum absolute atomic E-state index is 0.443. The van der Waals surface area contributed by atoms with E-state index >= 15 is 0 Å². The lowest BCUT2D eigenvalue weighted by Gasteiger charge is -2.14. The number of hydrogen-bond acceptors (Lipinski definition) is 3. The van der Waals surface area contributed by atoms with Crippen LogP contribution in [0, 0.1) is 0 Å². The quantitative estimate of drug-likeness (QED) is 0.723. The van der Waals surface area contributed by atoms with E-state index in [-0.39, 0.29) is 0 Å². The van der Waals surface area contributed by atoms with Crippen molar-refractivity contribution < 1.29 is 4.79 Å². The van der Waals surface area contributed by atoms with Crippen molar-refractivity contribution in [2.45, 2.75) is 0 Å². The highest BCUT2D eigenvalue weighted by atomic mass is 16.2. The number of H-pyrrole nitrogens is 1. The molecule has 0 saturated heterocycles. The number of nitrogens with one attached hydrogen (secondary N) is 1. The lowest BCUT2D eigenvalue weighted by atomic mass is 10.1. The molecule has 0 atom stereocenters. The molecule has 0 bridgehead atoms. The van der Waals surface area contributed by atoms with Gasteiger partial charge in [-0.15, -0.1) is 0 Å². The summed E-state index contributed by atoms with van der Waals surface area (Å²) in [5.74, 6) is 0.443. The molecule has 1 heterocycles. The molecule has 2 rings (SSSR count). The van der Waals surface area contributed by atoms with Crippen LogP contribution in [0.25, 0.3) is 11.3 Å². The Morgan fingerprint density at radius 2 is 2.00 bits per heavy atom. The maximum absolute atomic E-state index is 11.0. The zero-order valence-electron chi connectivity index (χ0n) is 9.34. The Kier molecular flexibility index (Phi) is 2.70. The third-order valence-corrected chi connectivity index (χ3v) is 2.49. The summed E-state index contributed by atoms with van der Waals surface area (Å²) in [5, 5.41) is 6.66. The van der Waals surface area contributed by atoms with Gasteiger partial charge in [0.15, 0.2) is 0 Å². The van der Waals surface area contributed by atoms with E-state index < -0.39 is 6.03 Å². The molecule has 0 fully saturated rings. The van der Waals surface area contributed by atoms with Gasteiger partial charge in [-0.1, -0.05) is 12.1 Å². The van der Waals surface area contributed by atoms with E-state index in [4.69, 9.17) is 11.5 Å². The number of primary amides is 1. The Morgan fingerprint density at radius 1 is 1.35 bits per heavy atom. The summed E-state index contributed by atoms with van der Waals surface area (Å²) >= 11 is 0. The SMILES string of the molecule is CN(C(N)=O)c1ccc(-c2cc(N)n[nH]2)cc1. The fourth-order valence-electron chi connectivity index (χ4n) is 1.48. The van der Waals surface area contributed by atoms with Crippen LogP contribution in [0.4, 0.5) is 16.3 Å². The highest BCUT2D eigenvalue weighted by Gasteiger charge is 2.07. The molecule has 2 amide bonds. The number of amides is 2. The lowest BCUT2D eigenvalue weighted by Crippen LogP contribution is -2.31. The molecular formula is C11H13N5O. The zero-order valence-corrected chi connectivity index (χ0v) is 9.34. The first-order valence-electron chi connectivity index (χ1n) is 5.02. The average Bonchev–Trinajstić information content (AvgIpc) is 2.75. The summed E-state index contributed by atoms with van der Waals surface area (Å²) in [7, 11) is 1.62. The summed E-state index contributed by atoms with van der Waals surface area (Å²) in [6.07, 6.45) is 0. The third-order valence-electron chi connectivity index (χ3n) is 2.49. The van der Waals surface area contributed by atoms with Gasteiger partial charge >= 0.3 is 6.03 Å². The second kappa shape index (κ2) is 4.17. The Labute approximate surface area is 98.2 Å². The monoisotopic (exact) mass is 231 g/mol. The molecule has 6 heteroatoms. The first-order valence-corrected chi connectivity index (χ1v) is 5.02. The second-order valence-electron chi connectivity index (χ2n) is 3.65. The molecule has 0 saturated carbocycles. The molecule has 0 unspecified atom stereocenters. The summed E-state index contributed by atoms with van der Waals surface area (Å²) in [5.41, 5.74) is 13.2. The van der Waals surface area contributed by atoms with E-state index in [0.29, 0.717) is 5.82 Å². The number of urea groups is 1. The average molecular weight is 231 g/mol. The van der Waals surface area contributed by atoms with Gasteiger partial charge in [0.1, 0.15) is 5.82 Å². The van der Waals surface area contributed by atoms with Gasteiger partial charge in [-0.05, 0) is 17.7 Å². The molecule has 1 aromatic carbocycles. The fraction of sp³-hybridized carbons (Fsp3) is 0.0909. The van der Waals surface area contributed by atoms with Crippen LogP contribution in [0.3, 0.4) is 0 Å². The zero-order chi connectivity index (χ0) is 12.4. The number of aromatic nitrogens is 2. The summed E-state index contributed by atoms with van der Waals surface area (Å²) in [6, 6.07) is 8.58. The van der Waals surface area contributed by atoms with Crippen LogP contribution >= 0.6 is 0 Å². The number of nitrogen functional groups attached to an aromatic ring is 1. The number of anilines is 2. The Balaban J connectivity index is 2.27. The normalized spacial score (nSPS) is 10.2. The predicted molar refractivity (Wildman–Crippen MR) is 66.4 cm³/mol. The van der Waals surface area contributed by atoms with E-state index in [2.05, 4.69) is 10.2 Å². The lowest BCUT2D eigenvalue weighted by molar-refractivity contribution is 0.255. The number of nitrogens with zero attached hydrogens (tertiary/aromatic N) is 2. The van der Waals surface area contributed by atoms with E-state index in [0.717, 1.165) is 16.9 Å². The smallest absolute Gasteiger partial charge is 0.318 e. The van der Waals surface area contributed by atoms with E-state index in [9.17, 15) is 4.79 Å². The second-order valence-corrected chi connectivity index (χ2v) is 3.65. The molecule has 0 spiro atoms. The Morgan fingerprint density at radius 3 is 2.47 bits per heavy atom. The molecule has 2 aromatic rings. The molecular weight excluding hydrogens is 218 g/mol. The van der Waals surface area contributed by atoms with Crippen molar-refractivity contribution >= 4 is 17.5 Å². The number of carbonyl (C=O) groups is 1. The summed E-state index contributed by atoms with van der Waals surface area (Å²) in [4.78, 5) is 12.3. The highest BCUT2D eigenvalue weighted by Crippen LogP contribution is 2.22. The molecule has 0 aliphatic carbocycles. The van der Waals surface area contributed by atoms with Crippen molar-refractivity contribution in [1.82, 2.24) is 10.2 Å². The van der Waals surface area contributed by atoms with Crippen molar-refractivity contribution in [3.05, 3.63) is 30.3 Å².